The van der Waals surface area contributed by atoms with E-state index in [9.17, 15) is 0 Å². The van der Waals surface area contributed by atoms with E-state index in [1.165, 1.54) is 12.8 Å². The molecule has 0 unspecified atom stereocenters. The van der Waals surface area contributed by atoms with Crippen molar-refractivity contribution in [3.05, 3.63) is 35.6 Å². The number of aromatic nitrogens is 3. The van der Waals surface area contributed by atoms with Crippen LogP contribution in [-0.4, -0.2) is 14.8 Å². The van der Waals surface area contributed by atoms with E-state index in [4.69, 9.17) is 11.6 Å². The average molecular weight is 220 g/mol. The van der Waals surface area contributed by atoms with Crippen LogP contribution in [-0.2, 0) is 0 Å². The van der Waals surface area contributed by atoms with Crippen LogP contribution in [0.5, 0.6) is 0 Å². The fourth-order valence-electron chi connectivity index (χ4n) is 1.67. The molecule has 0 amide bonds. The quantitative estimate of drug-likeness (QED) is 0.778. The van der Waals surface area contributed by atoms with Gasteiger partial charge < -0.3 is 4.57 Å². The molecule has 1 aromatic carbocycles. The van der Waals surface area contributed by atoms with Gasteiger partial charge in [0.15, 0.2) is 5.82 Å². The Labute approximate surface area is 92.7 Å². The fraction of sp³-hybridized carbons (Fsp3) is 0.273. The lowest BCUT2D eigenvalue weighted by Crippen LogP contribution is -1.95. The van der Waals surface area contributed by atoms with Crippen LogP contribution in [0, 0.1) is 0 Å². The summed E-state index contributed by atoms with van der Waals surface area (Å²) in [5.74, 6) is 0.939. The molecule has 0 aliphatic heterocycles. The minimum atomic E-state index is 0.602. The molecule has 3 nitrogen and oxygen atoms in total. The number of hydrogen-bond acceptors (Lipinski definition) is 2. The minimum absolute atomic E-state index is 0.602. The first-order valence-electron chi connectivity index (χ1n) is 5.00. The Morgan fingerprint density at radius 1 is 1.20 bits per heavy atom. The van der Waals surface area contributed by atoms with Crippen LogP contribution in [0.15, 0.2) is 30.6 Å². The topological polar surface area (TPSA) is 30.7 Å². The molecular weight excluding hydrogens is 210 g/mol. The van der Waals surface area contributed by atoms with Gasteiger partial charge in [0.2, 0.25) is 0 Å². The monoisotopic (exact) mass is 219 g/mol. The summed E-state index contributed by atoms with van der Waals surface area (Å²) < 4.78 is 2.14. The summed E-state index contributed by atoms with van der Waals surface area (Å²) in [6, 6.07) is 8.31. The average Bonchev–Trinajstić information content (AvgIpc) is 2.98. The number of rotatable bonds is 2. The zero-order chi connectivity index (χ0) is 10.3. The first-order valence-corrected chi connectivity index (χ1v) is 5.38. The maximum absolute atomic E-state index is 5.84. The summed E-state index contributed by atoms with van der Waals surface area (Å²) in [6.45, 7) is 0. The van der Waals surface area contributed by atoms with Crippen molar-refractivity contribution in [1.29, 1.82) is 0 Å². The van der Waals surface area contributed by atoms with Gasteiger partial charge in [0.1, 0.15) is 6.33 Å². The molecule has 4 heteroatoms. The molecule has 0 N–H and O–H groups in total. The molecule has 76 valence electrons. The van der Waals surface area contributed by atoms with E-state index in [0.29, 0.717) is 6.04 Å². The second-order valence-corrected chi connectivity index (χ2v) is 4.24. The highest BCUT2D eigenvalue weighted by atomic mass is 35.5. The van der Waals surface area contributed by atoms with E-state index in [1.807, 2.05) is 30.6 Å². The van der Waals surface area contributed by atoms with Crippen molar-refractivity contribution >= 4 is 11.6 Å². The van der Waals surface area contributed by atoms with Gasteiger partial charge in [-0.3, -0.25) is 0 Å². The number of benzene rings is 1. The van der Waals surface area contributed by atoms with Crippen molar-refractivity contribution in [2.24, 2.45) is 0 Å². The SMILES string of the molecule is Clc1ccc(-c2nncn2C2CC2)cc1. The molecule has 0 saturated heterocycles. The van der Waals surface area contributed by atoms with Gasteiger partial charge in [0.05, 0.1) is 0 Å². The molecule has 1 saturated carbocycles. The zero-order valence-corrected chi connectivity index (χ0v) is 8.85. The highest BCUT2D eigenvalue weighted by molar-refractivity contribution is 6.30. The highest BCUT2D eigenvalue weighted by Gasteiger charge is 2.26. The van der Waals surface area contributed by atoms with Gasteiger partial charge in [-0.05, 0) is 37.1 Å². The Kier molecular flexibility index (Phi) is 1.99. The second-order valence-electron chi connectivity index (χ2n) is 3.80. The standard InChI is InChI=1S/C11H10ClN3/c12-9-3-1-8(2-4-9)11-14-13-7-15(11)10-5-6-10/h1-4,7,10H,5-6H2. The Morgan fingerprint density at radius 3 is 2.60 bits per heavy atom. The molecule has 1 aliphatic rings. The summed E-state index contributed by atoms with van der Waals surface area (Å²) in [4.78, 5) is 0. The summed E-state index contributed by atoms with van der Waals surface area (Å²) >= 11 is 5.84. The maximum atomic E-state index is 5.84. The Morgan fingerprint density at radius 2 is 1.93 bits per heavy atom. The number of halogens is 1. The van der Waals surface area contributed by atoms with Gasteiger partial charge in [-0.1, -0.05) is 11.6 Å². The van der Waals surface area contributed by atoms with Gasteiger partial charge in [0.25, 0.3) is 0 Å². The van der Waals surface area contributed by atoms with E-state index >= 15 is 0 Å². The van der Waals surface area contributed by atoms with Crippen LogP contribution < -0.4 is 0 Å². The Bertz CT molecular complexity index is 471. The normalized spacial score (nSPS) is 15.5. The molecule has 0 spiro atoms. The van der Waals surface area contributed by atoms with E-state index in [2.05, 4.69) is 14.8 Å². The molecular formula is C11H10ClN3. The molecule has 3 rings (SSSR count). The van der Waals surface area contributed by atoms with E-state index in [-0.39, 0.29) is 0 Å². The lowest BCUT2D eigenvalue weighted by Gasteiger charge is -2.03. The lowest BCUT2D eigenvalue weighted by atomic mass is 10.2. The molecule has 1 heterocycles. The number of hydrogen-bond donors (Lipinski definition) is 0. The molecule has 0 bridgehead atoms. The van der Waals surface area contributed by atoms with Crippen molar-refractivity contribution in [3.63, 3.8) is 0 Å². The van der Waals surface area contributed by atoms with Crippen molar-refractivity contribution in [1.82, 2.24) is 14.8 Å². The van der Waals surface area contributed by atoms with Crippen LogP contribution in [0.4, 0.5) is 0 Å². The van der Waals surface area contributed by atoms with Crippen LogP contribution in [0.25, 0.3) is 11.4 Å². The molecule has 0 atom stereocenters. The molecule has 1 aromatic heterocycles. The Balaban J connectivity index is 2.04. The fourth-order valence-corrected chi connectivity index (χ4v) is 1.79. The maximum Gasteiger partial charge on any atom is 0.164 e. The lowest BCUT2D eigenvalue weighted by molar-refractivity contribution is 0.746. The van der Waals surface area contributed by atoms with Crippen LogP contribution >= 0.6 is 11.6 Å². The molecule has 1 aliphatic carbocycles. The van der Waals surface area contributed by atoms with Gasteiger partial charge in [-0.15, -0.1) is 10.2 Å². The van der Waals surface area contributed by atoms with E-state index < -0.39 is 0 Å². The number of nitrogens with zero attached hydrogens (tertiary/aromatic N) is 3. The van der Waals surface area contributed by atoms with Crippen molar-refractivity contribution in [2.45, 2.75) is 18.9 Å². The summed E-state index contributed by atoms with van der Waals surface area (Å²) in [5, 5.41) is 8.86. The predicted octanol–water partition coefficient (Wildman–Crippen LogP) is 2.93. The first kappa shape index (κ1) is 8.92. The molecule has 1 fully saturated rings. The van der Waals surface area contributed by atoms with Crippen LogP contribution in [0.1, 0.15) is 18.9 Å². The smallest absolute Gasteiger partial charge is 0.164 e. The first-order chi connectivity index (χ1) is 7.34. The van der Waals surface area contributed by atoms with Crippen LogP contribution in [0.2, 0.25) is 5.02 Å². The molecule has 2 aromatic rings. The third-order valence-corrected chi connectivity index (χ3v) is 2.87. The van der Waals surface area contributed by atoms with Gasteiger partial charge in [0, 0.05) is 16.6 Å². The van der Waals surface area contributed by atoms with Crippen molar-refractivity contribution in [2.75, 3.05) is 0 Å². The van der Waals surface area contributed by atoms with E-state index in [0.717, 1.165) is 16.4 Å². The molecule has 15 heavy (non-hydrogen) atoms. The molecule has 0 radical (unpaired) electrons. The third-order valence-electron chi connectivity index (χ3n) is 2.62. The van der Waals surface area contributed by atoms with Gasteiger partial charge in [-0.25, -0.2) is 0 Å². The van der Waals surface area contributed by atoms with Crippen molar-refractivity contribution in [3.8, 4) is 11.4 Å². The predicted molar refractivity (Wildman–Crippen MR) is 58.7 cm³/mol. The minimum Gasteiger partial charge on any atom is -0.310 e. The highest BCUT2D eigenvalue weighted by Crippen LogP contribution is 2.37. The largest absolute Gasteiger partial charge is 0.310 e. The third kappa shape index (κ3) is 1.63. The van der Waals surface area contributed by atoms with Gasteiger partial charge >= 0.3 is 0 Å². The second kappa shape index (κ2) is 3.35. The van der Waals surface area contributed by atoms with Crippen LogP contribution in [0.3, 0.4) is 0 Å². The summed E-state index contributed by atoms with van der Waals surface area (Å²) in [6.07, 6.45) is 4.28. The van der Waals surface area contributed by atoms with Crippen molar-refractivity contribution < 1.29 is 0 Å². The van der Waals surface area contributed by atoms with Gasteiger partial charge in [-0.2, -0.15) is 0 Å². The summed E-state index contributed by atoms with van der Waals surface area (Å²) in [7, 11) is 0. The van der Waals surface area contributed by atoms with E-state index in [1.54, 1.807) is 0 Å². The Hall–Kier alpha value is -1.35. The summed E-state index contributed by atoms with van der Waals surface area (Å²) in [5.41, 5.74) is 1.07. The zero-order valence-electron chi connectivity index (χ0n) is 8.10.